The minimum Gasteiger partial charge on any atom is -0.488 e. The maximum absolute atomic E-state index is 13.2. The van der Waals surface area contributed by atoms with Gasteiger partial charge in [0.15, 0.2) is 0 Å². The lowest BCUT2D eigenvalue weighted by Crippen LogP contribution is -2.37. The summed E-state index contributed by atoms with van der Waals surface area (Å²) in [5.41, 5.74) is 2.59. The first-order chi connectivity index (χ1) is 15.1. The van der Waals surface area contributed by atoms with Gasteiger partial charge in [-0.05, 0) is 55.7 Å². The second-order valence-electron chi connectivity index (χ2n) is 8.43. The van der Waals surface area contributed by atoms with Crippen molar-refractivity contribution >= 4 is 17.5 Å². The van der Waals surface area contributed by atoms with E-state index in [0.29, 0.717) is 35.7 Å². The molecule has 1 fully saturated rings. The Balaban J connectivity index is 1.46. The summed E-state index contributed by atoms with van der Waals surface area (Å²) >= 11 is 0. The van der Waals surface area contributed by atoms with Gasteiger partial charge in [0.2, 0.25) is 0 Å². The highest BCUT2D eigenvalue weighted by Crippen LogP contribution is 2.33. The molecule has 4 rings (SSSR count). The van der Waals surface area contributed by atoms with Crippen molar-refractivity contribution in [3.05, 3.63) is 59.2 Å². The van der Waals surface area contributed by atoms with Crippen LogP contribution in [-0.4, -0.2) is 42.6 Å². The molecular formula is C25H30N2O4. The van der Waals surface area contributed by atoms with Crippen molar-refractivity contribution in [3.63, 3.8) is 0 Å². The number of nitrogens with one attached hydrogen (secondary N) is 1. The van der Waals surface area contributed by atoms with Gasteiger partial charge >= 0.3 is 0 Å². The molecule has 0 aromatic heterocycles. The molecule has 2 aromatic rings. The average Bonchev–Trinajstić information content (AvgIpc) is 3.12. The number of amides is 2. The summed E-state index contributed by atoms with van der Waals surface area (Å²) < 4.78 is 10.8. The first-order valence-electron chi connectivity index (χ1n) is 11.1. The quantitative estimate of drug-likeness (QED) is 0.706. The van der Waals surface area contributed by atoms with Gasteiger partial charge in [0.05, 0.1) is 17.7 Å². The summed E-state index contributed by atoms with van der Waals surface area (Å²) in [4.78, 5) is 28.2. The Labute approximate surface area is 183 Å². The lowest BCUT2D eigenvalue weighted by molar-refractivity contribution is 0.0657. The van der Waals surface area contributed by atoms with Crippen LogP contribution in [0, 0.1) is 0 Å². The van der Waals surface area contributed by atoms with E-state index in [1.807, 2.05) is 36.1 Å². The van der Waals surface area contributed by atoms with E-state index in [2.05, 4.69) is 5.32 Å². The van der Waals surface area contributed by atoms with Crippen LogP contribution in [-0.2, 0) is 11.3 Å². The summed E-state index contributed by atoms with van der Waals surface area (Å²) in [6, 6.07) is 13.1. The van der Waals surface area contributed by atoms with Crippen molar-refractivity contribution < 1.29 is 19.1 Å². The van der Waals surface area contributed by atoms with Crippen molar-refractivity contribution in [2.24, 2.45) is 0 Å². The van der Waals surface area contributed by atoms with Gasteiger partial charge < -0.3 is 19.7 Å². The summed E-state index contributed by atoms with van der Waals surface area (Å²) in [5.74, 6) is 0.432. The monoisotopic (exact) mass is 422 g/mol. The standard InChI is InChI=1S/C25H30N2O4/c1-17(16-30-2)31-21-13-11-19(12-14-21)26-24(28)22-10-6-7-18-15-27(25(29)23(18)22)20-8-4-3-5-9-20/h6-7,10-14,17,20H,3-5,8-9,15-16H2,1-2H3,(H,26,28). The third-order valence-corrected chi connectivity index (χ3v) is 6.08. The highest BCUT2D eigenvalue weighted by molar-refractivity contribution is 6.13. The van der Waals surface area contributed by atoms with Gasteiger partial charge in [-0.3, -0.25) is 9.59 Å². The first kappa shape index (κ1) is 21.4. The molecule has 1 N–H and O–H groups in total. The Hall–Kier alpha value is -2.86. The zero-order valence-corrected chi connectivity index (χ0v) is 18.2. The largest absolute Gasteiger partial charge is 0.488 e. The molecule has 0 bridgehead atoms. The highest BCUT2D eigenvalue weighted by atomic mass is 16.5. The second kappa shape index (κ2) is 9.52. The van der Waals surface area contributed by atoms with Crippen molar-refractivity contribution in [2.45, 2.75) is 57.7 Å². The normalized spacial score (nSPS) is 17.4. The molecule has 1 aliphatic carbocycles. The zero-order valence-electron chi connectivity index (χ0n) is 18.2. The molecule has 1 aliphatic heterocycles. The number of hydrogen-bond donors (Lipinski definition) is 1. The lowest BCUT2D eigenvalue weighted by Gasteiger charge is -2.30. The van der Waals surface area contributed by atoms with Crippen molar-refractivity contribution in [2.75, 3.05) is 19.0 Å². The molecule has 31 heavy (non-hydrogen) atoms. The summed E-state index contributed by atoms with van der Waals surface area (Å²) in [6.07, 6.45) is 5.63. The number of carbonyl (C=O) groups is 2. The molecule has 6 nitrogen and oxygen atoms in total. The number of rotatable bonds is 7. The Morgan fingerprint density at radius 1 is 1.13 bits per heavy atom. The van der Waals surface area contributed by atoms with Gasteiger partial charge in [0, 0.05) is 25.4 Å². The Morgan fingerprint density at radius 3 is 2.58 bits per heavy atom. The fourth-order valence-electron chi connectivity index (χ4n) is 4.58. The van der Waals surface area contributed by atoms with E-state index in [1.54, 1.807) is 25.3 Å². The van der Waals surface area contributed by atoms with Crippen LogP contribution in [0.25, 0.3) is 0 Å². The lowest BCUT2D eigenvalue weighted by atomic mass is 9.94. The minimum atomic E-state index is -0.267. The summed E-state index contributed by atoms with van der Waals surface area (Å²) in [7, 11) is 1.64. The predicted molar refractivity (Wildman–Crippen MR) is 120 cm³/mol. The molecule has 164 valence electrons. The Morgan fingerprint density at radius 2 is 1.87 bits per heavy atom. The molecule has 6 heteroatoms. The molecule has 2 aliphatic rings. The number of carbonyl (C=O) groups excluding carboxylic acids is 2. The van der Waals surface area contributed by atoms with Crippen molar-refractivity contribution in [3.8, 4) is 5.75 Å². The van der Waals surface area contributed by atoms with E-state index in [1.165, 1.54) is 19.3 Å². The van der Waals surface area contributed by atoms with E-state index in [4.69, 9.17) is 9.47 Å². The molecule has 2 amide bonds. The molecule has 1 atom stereocenters. The van der Waals surface area contributed by atoms with Crippen LogP contribution in [0.15, 0.2) is 42.5 Å². The van der Waals surface area contributed by atoms with Gasteiger partial charge in [-0.25, -0.2) is 0 Å². The topological polar surface area (TPSA) is 67.9 Å². The van der Waals surface area contributed by atoms with Gasteiger partial charge in [0.1, 0.15) is 11.9 Å². The van der Waals surface area contributed by atoms with Crippen LogP contribution in [0.3, 0.4) is 0 Å². The van der Waals surface area contributed by atoms with Gasteiger partial charge in [-0.15, -0.1) is 0 Å². The molecule has 1 unspecified atom stereocenters. The molecule has 1 saturated carbocycles. The molecule has 0 spiro atoms. The number of hydrogen-bond acceptors (Lipinski definition) is 4. The predicted octanol–water partition coefficient (Wildman–Crippen LogP) is 4.64. The third-order valence-electron chi connectivity index (χ3n) is 6.08. The number of nitrogens with zero attached hydrogens (tertiary/aromatic N) is 1. The second-order valence-corrected chi connectivity index (χ2v) is 8.43. The summed E-state index contributed by atoms with van der Waals surface area (Å²) in [6.45, 7) is 3.04. The smallest absolute Gasteiger partial charge is 0.256 e. The molecule has 0 saturated heterocycles. The maximum atomic E-state index is 13.2. The van der Waals surface area contributed by atoms with Gasteiger partial charge in [-0.2, -0.15) is 0 Å². The van der Waals surface area contributed by atoms with E-state index in [-0.39, 0.29) is 24.0 Å². The highest BCUT2D eigenvalue weighted by Gasteiger charge is 2.36. The van der Waals surface area contributed by atoms with E-state index >= 15 is 0 Å². The average molecular weight is 423 g/mol. The van der Waals surface area contributed by atoms with Crippen LogP contribution in [0.1, 0.15) is 65.3 Å². The van der Waals surface area contributed by atoms with Crippen molar-refractivity contribution in [1.29, 1.82) is 0 Å². The van der Waals surface area contributed by atoms with E-state index < -0.39 is 0 Å². The van der Waals surface area contributed by atoms with Crippen LogP contribution < -0.4 is 10.1 Å². The SMILES string of the molecule is COCC(C)Oc1ccc(NC(=O)c2cccc3c2C(=O)N(C2CCCCC2)C3)cc1. The van der Waals surface area contributed by atoms with Gasteiger partial charge in [0.25, 0.3) is 11.8 Å². The number of methoxy groups -OCH3 is 1. The van der Waals surface area contributed by atoms with E-state index in [0.717, 1.165) is 18.4 Å². The van der Waals surface area contributed by atoms with Crippen LogP contribution >= 0.6 is 0 Å². The first-order valence-corrected chi connectivity index (χ1v) is 11.1. The third kappa shape index (κ3) is 4.74. The van der Waals surface area contributed by atoms with Crippen molar-refractivity contribution in [1.82, 2.24) is 4.90 Å². The maximum Gasteiger partial charge on any atom is 0.256 e. The molecule has 2 aromatic carbocycles. The van der Waals surface area contributed by atoms with Crippen LogP contribution in [0.4, 0.5) is 5.69 Å². The fraction of sp³-hybridized carbons (Fsp3) is 0.440. The van der Waals surface area contributed by atoms with E-state index in [9.17, 15) is 9.59 Å². The molecule has 0 radical (unpaired) electrons. The Kier molecular flexibility index (Phi) is 6.56. The zero-order chi connectivity index (χ0) is 21.8. The Bertz CT molecular complexity index is 935. The summed E-state index contributed by atoms with van der Waals surface area (Å²) in [5, 5.41) is 2.92. The number of ether oxygens (including phenoxy) is 2. The number of fused-ring (bicyclic) bond motifs is 1. The minimum absolute atomic E-state index is 0.0106. The molecule has 1 heterocycles. The number of anilines is 1. The number of benzene rings is 2. The molecular weight excluding hydrogens is 392 g/mol. The van der Waals surface area contributed by atoms with Gasteiger partial charge in [-0.1, -0.05) is 31.4 Å². The van der Waals surface area contributed by atoms with Crippen LogP contribution in [0.2, 0.25) is 0 Å². The van der Waals surface area contributed by atoms with Crippen LogP contribution in [0.5, 0.6) is 5.75 Å². The fourth-order valence-corrected chi connectivity index (χ4v) is 4.58.